The van der Waals surface area contributed by atoms with Crippen LogP contribution in [-0.4, -0.2) is 35.7 Å². The van der Waals surface area contributed by atoms with Gasteiger partial charge in [-0.15, -0.1) is 0 Å². The lowest BCUT2D eigenvalue weighted by atomic mass is 10.1. The van der Waals surface area contributed by atoms with Gasteiger partial charge in [0.2, 0.25) is 0 Å². The highest BCUT2D eigenvalue weighted by Gasteiger charge is 2.08. The van der Waals surface area contributed by atoms with E-state index < -0.39 is 5.97 Å². The van der Waals surface area contributed by atoms with Crippen LogP contribution in [0.1, 0.15) is 45.1 Å². The smallest absolute Gasteiger partial charge is 0.303 e. The number of carboxylic acids is 1. The quantitative estimate of drug-likeness (QED) is 0.670. The van der Waals surface area contributed by atoms with E-state index in [1.54, 1.807) is 0 Å². The van der Waals surface area contributed by atoms with E-state index in [-0.39, 0.29) is 6.42 Å². The molecule has 4 nitrogen and oxygen atoms in total. The van der Waals surface area contributed by atoms with E-state index in [4.69, 9.17) is 9.84 Å². The number of benzene rings is 1. The van der Waals surface area contributed by atoms with Gasteiger partial charge in [-0.1, -0.05) is 18.2 Å². The summed E-state index contributed by atoms with van der Waals surface area (Å²) in [5.74, 6) is 0.209. The van der Waals surface area contributed by atoms with Crippen LogP contribution in [-0.2, 0) is 11.3 Å². The van der Waals surface area contributed by atoms with Gasteiger partial charge in [0.25, 0.3) is 0 Å². The molecule has 0 aromatic heterocycles. The molecule has 0 saturated carbocycles. The second kappa shape index (κ2) is 9.40. The Balaban J connectivity index is 2.39. The fourth-order valence-electron chi connectivity index (χ4n) is 1.96. The SMILES string of the molecule is CC(C)N(C)Cc1ccccc1OCCCCCC(=O)O. The molecule has 21 heavy (non-hydrogen) atoms. The van der Waals surface area contributed by atoms with E-state index in [9.17, 15) is 4.79 Å². The summed E-state index contributed by atoms with van der Waals surface area (Å²) in [5, 5.41) is 8.58. The van der Waals surface area contributed by atoms with Gasteiger partial charge in [0.1, 0.15) is 5.75 Å². The Morgan fingerprint density at radius 1 is 1.24 bits per heavy atom. The summed E-state index contributed by atoms with van der Waals surface area (Å²) in [6.07, 6.45) is 2.74. The molecule has 0 bridgehead atoms. The highest BCUT2D eigenvalue weighted by molar-refractivity contribution is 5.66. The summed E-state index contributed by atoms with van der Waals surface area (Å²) in [4.78, 5) is 12.7. The molecule has 4 heteroatoms. The highest BCUT2D eigenvalue weighted by Crippen LogP contribution is 2.20. The van der Waals surface area contributed by atoms with Crippen LogP contribution in [0.2, 0.25) is 0 Å². The maximum absolute atomic E-state index is 10.4. The van der Waals surface area contributed by atoms with Crippen molar-refractivity contribution in [2.24, 2.45) is 0 Å². The number of nitrogens with zero attached hydrogens (tertiary/aromatic N) is 1. The minimum absolute atomic E-state index is 0.246. The predicted octanol–water partition coefficient (Wildman–Crippen LogP) is 3.55. The van der Waals surface area contributed by atoms with Gasteiger partial charge in [0.15, 0.2) is 0 Å². The fraction of sp³-hybridized carbons (Fsp3) is 0.588. The summed E-state index contributed by atoms with van der Waals surface area (Å²) in [5.41, 5.74) is 1.19. The second-order valence-corrected chi connectivity index (χ2v) is 5.67. The number of carboxylic acid groups (broad SMARTS) is 1. The minimum atomic E-state index is -0.724. The number of unbranched alkanes of at least 4 members (excludes halogenated alkanes) is 2. The summed E-state index contributed by atoms with van der Waals surface area (Å²) < 4.78 is 5.85. The van der Waals surface area contributed by atoms with Crippen LogP contribution in [0.15, 0.2) is 24.3 Å². The summed E-state index contributed by atoms with van der Waals surface area (Å²) in [6, 6.07) is 8.61. The maximum Gasteiger partial charge on any atom is 0.303 e. The number of para-hydroxylation sites is 1. The third kappa shape index (κ3) is 7.14. The molecule has 1 N–H and O–H groups in total. The van der Waals surface area contributed by atoms with Crippen LogP contribution in [0.3, 0.4) is 0 Å². The first-order valence-corrected chi connectivity index (χ1v) is 7.63. The summed E-state index contributed by atoms with van der Waals surface area (Å²) in [7, 11) is 2.10. The van der Waals surface area contributed by atoms with Gasteiger partial charge in [-0.3, -0.25) is 9.69 Å². The third-order valence-electron chi connectivity index (χ3n) is 3.57. The molecule has 0 aliphatic carbocycles. The largest absolute Gasteiger partial charge is 0.493 e. The number of rotatable bonds is 10. The number of carbonyl (C=O) groups is 1. The van der Waals surface area contributed by atoms with Crippen LogP contribution in [0.5, 0.6) is 5.75 Å². The molecule has 1 aromatic rings. The van der Waals surface area contributed by atoms with E-state index in [1.807, 2.05) is 18.2 Å². The molecule has 0 spiro atoms. The van der Waals surface area contributed by atoms with Crippen molar-refractivity contribution in [3.63, 3.8) is 0 Å². The second-order valence-electron chi connectivity index (χ2n) is 5.67. The molecule has 0 amide bonds. The maximum atomic E-state index is 10.4. The lowest BCUT2D eigenvalue weighted by molar-refractivity contribution is -0.137. The standard InChI is InChI=1S/C17H27NO3/c1-14(2)18(3)13-15-9-6-7-10-16(15)21-12-8-4-5-11-17(19)20/h6-7,9-10,14H,4-5,8,11-13H2,1-3H3,(H,19,20). The van der Waals surface area contributed by atoms with Crippen molar-refractivity contribution in [3.05, 3.63) is 29.8 Å². The van der Waals surface area contributed by atoms with Crippen molar-refractivity contribution in [1.29, 1.82) is 0 Å². The molecule has 0 heterocycles. The first-order valence-electron chi connectivity index (χ1n) is 7.63. The van der Waals surface area contributed by atoms with Crippen molar-refractivity contribution < 1.29 is 14.6 Å². The molecule has 1 rings (SSSR count). The van der Waals surface area contributed by atoms with Crippen LogP contribution in [0.25, 0.3) is 0 Å². The summed E-state index contributed by atoms with van der Waals surface area (Å²) in [6.45, 7) is 5.85. The predicted molar refractivity (Wildman–Crippen MR) is 84.6 cm³/mol. The molecule has 0 unspecified atom stereocenters. The Hall–Kier alpha value is -1.55. The normalized spacial score (nSPS) is 11.1. The summed E-state index contributed by atoms with van der Waals surface area (Å²) >= 11 is 0. The number of hydrogen-bond acceptors (Lipinski definition) is 3. The van der Waals surface area contributed by atoms with Crippen molar-refractivity contribution >= 4 is 5.97 Å². The van der Waals surface area contributed by atoms with Gasteiger partial charge >= 0.3 is 5.97 Å². The Morgan fingerprint density at radius 3 is 2.62 bits per heavy atom. The lowest BCUT2D eigenvalue weighted by Crippen LogP contribution is -2.25. The van der Waals surface area contributed by atoms with Crippen LogP contribution in [0.4, 0.5) is 0 Å². The zero-order valence-corrected chi connectivity index (χ0v) is 13.3. The van der Waals surface area contributed by atoms with Gasteiger partial charge < -0.3 is 9.84 Å². The lowest BCUT2D eigenvalue weighted by Gasteiger charge is -2.22. The molecule has 0 fully saturated rings. The Kier molecular flexibility index (Phi) is 7.83. The first-order chi connectivity index (χ1) is 10.0. The molecule has 0 radical (unpaired) electrons. The Morgan fingerprint density at radius 2 is 1.95 bits per heavy atom. The van der Waals surface area contributed by atoms with Crippen molar-refractivity contribution in [2.45, 2.75) is 52.1 Å². The van der Waals surface area contributed by atoms with E-state index >= 15 is 0 Å². The zero-order chi connectivity index (χ0) is 15.7. The minimum Gasteiger partial charge on any atom is -0.493 e. The Labute approximate surface area is 127 Å². The molecule has 118 valence electrons. The van der Waals surface area contributed by atoms with Crippen molar-refractivity contribution in [2.75, 3.05) is 13.7 Å². The van der Waals surface area contributed by atoms with Gasteiger partial charge in [-0.25, -0.2) is 0 Å². The third-order valence-corrected chi connectivity index (χ3v) is 3.57. The van der Waals surface area contributed by atoms with Crippen LogP contribution >= 0.6 is 0 Å². The molecular formula is C17H27NO3. The highest BCUT2D eigenvalue weighted by atomic mass is 16.5. The molecular weight excluding hydrogens is 266 g/mol. The topological polar surface area (TPSA) is 49.8 Å². The van der Waals surface area contributed by atoms with Crippen LogP contribution < -0.4 is 4.74 Å². The molecule has 0 aliphatic rings. The van der Waals surface area contributed by atoms with Gasteiger partial charge in [0.05, 0.1) is 6.61 Å². The fourth-order valence-corrected chi connectivity index (χ4v) is 1.96. The number of ether oxygens (including phenoxy) is 1. The average molecular weight is 293 g/mol. The first kappa shape index (κ1) is 17.5. The van der Waals surface area contributed by atoms with Gasteiger partial charge in [-0.05, 0) is 46.2 Å². The van der Waals surface area contributed by atoms with Gasteiger partial charge in [-0.2, -0.15) is 0 Å². The zero-order valence-electron chi connectivity index (χ0n) is 13.3. The van der Waals surface area contributed by atoms with Crippen molar-refractivity contribution in [1.82, 2.24) is 4.90 Å². The molecule has 0 atom stereocenters. The van der Waals surface area contributed by atoms with E-state index in [0.29, 0.717) is 12.6 Å². The van der Waals surface area contributed by atoms with E-state index in [0.717, 1.165) is 31.6 Å². The van der Waals surface area contributed by atoms with Gasteiger partial charge in [0, 0.05) is 24.6 Å². The monoisotopic (exact) mass is 293 g/mol. The van der Waals surface area contributed by atoms with E-state index in [2.05, 4.69) is 31.9 Å². The molecule has 0 aliphatic heterocycles. The van der Waals surface area contributed by atoms with Crippen molar-refractivity contribution in [3.8, 4) is 5.75 Å². The number of hydrogen-bond donors (Lipinski definition) is 1. The molecule has 0 saturated heterocycles. The number of aliphatic carboxylic acids is 1. The average Bonchev–Trinajstić information content (AvgIpc) is 2.43. The Bertz CT molecular complexity index is 432. The molecule has 1 aromatic carbocycles. The van der Waals surface area contributed by atoms with Crippen LogP contribution in [0, 0.1) is 0 Å². The van der Waals surface area contributed by atoms with E-state index in [1.165, 1.54) is 5.56 Å².